The van der Waals surface area contributed by atoms with Gasteiger partial charge in [-0.1, -0.05) is 0 Å². The first-order valence-electron chi connectivity index (χ1n) is 3.74. The van der Waals surface area contributed by atoms with Gasteiger partial charge in [-0.15, -0.1) is 11.6 Å². The van der Waals surface area contributed by atoms with E-state index in [0.717, 1.165) is 6.07 Å². The third-order valence-corrected chi connectivity index (χ3v) is 3.20. The molecule has 1 N–H and O–H groups in total. The minimum Gasteiger partial charge on any atom is -0.282 e. The van der Waals surface area contributed by atoms with Gasteiger partial charge in [0.1, 0.15) is 17.1 Å². The largest absolute Gasteiger partial charge is 0.282 e. The van der Waals surface area contributed by atoms with Crippen LogP contribution in [0.25, 0.3) is 0 Å². The van der Waals surface area contributed by atoms with Gasteiger partial charge < -0.3 is 0 Å². The molecule has 80 valence electrons. The zero-order valence-corrected chi connectivity index (χ0v) is 8.94. The molecular formula is C8H6ClFN2O2S. The molecule has 0 atom stereocenters. The fourth-order valence-electron chi connectivity index (χ4n) is 0.876. The Kier molecular flexibility index (Phi) is 3.50. The van der Waals surface area contributed by atoms with Crippen LogP contribution in [0.15, 0.2) is 18.2 Å². The summed E-state index contributed by atoms with van der Waals surface area (Å²) in [4.78, 5) is 0. The van der Waals surface area contributed by atoms with Crippen LogP contribution >= 0.6 is 11.6 Å². The first-order chi connectivity index (χ1) is 6.98. The van der Waals surface area contributed by atoms with Crippen LogP contribution in [0.3, 0.4) is 0 Å². The summed E-state index contributed by atoms with van der Waals surface area (Å²) in [5, 5.41) is 7.82. The standard InChI is InChI=1S/C8H6ClFN2O2S/c9-5-15(13,14)12-7-2-1-6(4-11)8(10)3-7/h1-3,12H,5H2. The van der Waals surface area contributed by atoms with Crippen molar-refractivity contribution in [1.82, 2.24) is 0 Å². The van der Waals surface area contributed by atoms with Crippen molar-refractivity contribution in [1.29, 1.82) is 5.26 Å². The lowest BCUT2D eigenvalue weighted by Crippen LogP contribution is -2.13. The maximum absolute atomic E-state index is 13.0. The molecule has 0 aliphatic rings. The topological polar surface area (TPSA) is 70.0 Å². The van der Waals surface area contributed by atoms with Crippen LogP contribution < -0.4 is 4.72 Å². The number of sulfonamides is 1. The second-order valence-corrected chi connectivity index (χ2v) is 4.94. The molecule has 7 heteroatoms. The molecule has 1 aromatic carbocycles. The van der Waals surface area contributed by atoms with Gasteiger partial charge in [0.15, 0.2) is 0 Å². The summed E-state index contributed by atoms with van der Waals surface area (Å²) in [5.74, 6) is -0.785. The molecule has 0 saturated heterocycles. The number of rotatable bonds is 3. The van der Waals surface area contributed by atoms with Gasteiger partial charge in [0.2, 0.25) is 10.0 Å². The van der Waals surface area contributed by atoms with E-state index in [1.54, 1.807) is 6.07 Å². The molecule has 15 heavy (non-hydrogen) atoms. The number of benzene rings is 1. The summed E-state index contributed by atoms with van der Waals surface area (Å²) < 4.78 is 37.1. The van der Waals surface area contributed by atoms with Crippen molar-refractivity contribution in [2.24, 2.45) is 0 Å². The molecule has 0 fully saturated rings. The number of halogens is 2. The van der Waals surface area contributed by atoms with E-state index in [1.807, 2.05) is 0 Å². The van der Waals surface area contributed by atoms with Crippen LogP contribution in [0.1, 0.15) is 5.56 Å². The van der Waals surface area contributed by atoms with Crippen molar-refractivity contribution in [3.05, 3.63) is 29.6 Å². The number of nitrogens with zero attached hydrogens (tertiary/aromatic N) is 1. The smallest absolute Gasteiger partial charge is 0.246 e. The zero-order chi connectivity index (χ0) is 11.5. The lowest BCUT2D eigenvalue weighted by molar-refractivity contribution is 0.605. The second kappa shape index (κ2) is 4.47. The van der Waals surface area contributed by atoms with E-state index in [4.69, 9.17) is 16.9 Å². The molecule has 0 heterocycles. The maximum Gasteiger partial charge on any atom is 0.246 e. The average molecular weight is 249 g/mol. The maximum atomic E-state index is 13.0. The number of alkyl halides is 1. The number of nitrogens with one attached hydrogen (secondary N) is 1. The highest BCUT2D eigenvalue weighted by molar-refractivity contribution is 7.93. The molecule has 0 aliphatic carbocycles. The van der Waals surface area contributed by atoms with Crippen molar-refractivity contribution < 1.29 is 12.8 Å². The Hall–Kier alpha value is -1.32. The molecule has 1 rings (SSSR count). The zero-order valence-electron chi connectivity index (χ0n) is 7.37. The van der Waals surface area contributed by atoms with Gasteiger partial charge in [0.25, 0.3) is 0 Å². The summed E-state index contributed by atoms with van der Waals surface area (Å²) >= 11 is 5.14. The lowest BCUT2D eigenvalue weighted by Gasteiger charge is -2.05. The first kappa shape index (κ1) is 11.8. The van der Waals surface area contributed by atoms with Crippen LogP contribution in [0, 0.1) is 17.1 Å². The summed E-state index contributed by atoms with van der Waals surface area (Å²) in [5.41, 5.74) is -0.115. The third kappa shape index (κ3) is 3.08. The molecule has 0 spiro atoms. The van der Waals surface area contributed by atoms with Crippen LogP contribution in [0.4, 0.5) is 10.1 Å². The van der Waals surface area contributed by atoms with Gasteiger partial charge in [-0.05, 0) is 18.2 Å². The summed E-state index contributed by atoms with van der Waals surface area (Å²) in [7, 11) is -3.64. The Morgan fingerprint density at radius 2 is 2.20 bits per heavy atom. The number of hydrogen-bond acceptors (Lipinski definition) is 3. The van der Waals surface area contributed by atoms with E-state index in [0.29, 0.717) is 0 Å². The summed E-state index contributed by atoms with van der Waals surface area (Å²) in [6.45, 7) is 0. The first-order valence-corrected chi connectivity index (χ1v) is 5.93. The SMILES string of the molecule is N#Cc1ccc(NS(=O)(=O)CCl)cc1F. The fourth-order valence-corrected chi connectivity index (χ4v) is 1.58. The second-order valence-electron chi connectivity index (χ2n) is 2.63. The van der Waals surface area contributed by atoms with Gasteiger partial charge in [-0.2, -0.15) is 5.26 Å². The minimum atomic E-state index is -3.64. The van der Waals surface area contributed by atoms with Crippen molar-refractivity contribution in [2.75, 3.05) is 9.93 Å². The molecule has 0 unspecified atom stereocenters. The monoisotopic (exact) mass is 248 g/mol. The normalized spacial score (nSPS) is 10.7. The Bertz CT molecular complexity index is 510. The van der Waals surface area contributed by atoms with Gasteiger partial charge >= 0.3 is 0 Å². The van der Waals surface area contributed by atoms with Crippen LogP contribution in [0.2, 0.25) is 0 Å². The summed E-state index contributed by atoms with van der Waals surface area (Å²) in [6, 6.07) is 5.01. The summed E-state index contributed by atoms with van der Waals surface area (Å²) in [6.07, 6.45) is 0. The average Bonchev–Trinajstić information content (AvgIpc) is 2.17. The van der Waals surface area contributed by atoms with Crippen LogP contribution in [0.5, 0.6) is 0 Å². The van der Waals surface area contributed by atoms with Crippen LogP contribution in [-0.2, 0) is 10.0 Å². The van der Waals surface area contributed by atoms with E-state index in [2.05, 4.69) is 4.72 Å². The highest BCUT2D eigenvalue weighted by Gasteiger charge is 2.09. The predicted molar refractivity (Wildman–Crippen MR) is 54.4 cm³/mol. The van der Waals surface area contributed by atoms with E-state index >= 15 is 0 Å². The molecule has 0 aliphatic heterocycles. The Morgan fingerprint density at radius 3 is 2.67 bits per heavy atom. The van der Waals surface area contributed by atoms with E-state index < -0.39 is 21.1 Å². The molecule has 4 nitrogen and oxygen atoms in total. The molecular weight excluding hydrogens is 243 g/mol. The highest BCUT2D eigenvalue weighted by atomic mass is 35.5. The minimum absolute atomic E-state index is 0.0344. The molecule has 1 aromatic rings. The number of anilines is 1. The van der Waals surface area contributed by atoms with Crippen molar-refractivity contribution in [3.63, 3.8) is 0 Å². The molecule has 0 bridgehead atoms. The fraction of sp³-hybridized carbons (Fsp3) is 0.125. The van der Waals surface area contributed by atoms with Crippen LogP contribution in [-0.4, -0.2) is 13.6 Å². The Labute approximate surface area is 91.3 Å². The lowest BCUT2D eigenvalue weighted by atomic mass is 10.2. The molecule has 0 radical (unpaired) electrons. The van der Waals surface area contributed by atoms with Gasteiger partial charge in [0, 0.05) is 0 Å². The number of nitriles is 1. The van der Waals surface area contributed by atoms with Crippen molar-refractivity contribution >= 4 is 27.3 Å². The van der Waals surface area contributed by atoms with Gasteiger partial charge in [-0.25, -0.2) is 12.8 Å². The molecule has 0 aromatic heterocycles. The van der Waals surface area contributed by atoms with Gasteiger partial charge in [0.05, 0.1) is 11.3 Å². The van der Waals surface area contributed by atoms with E-state index in [9.17, 15) is 12.8 Å². The Balaban J connectivity index is 3.01. The van der Waals surface area contributed by atoms with Crippen molar-refractivity contribution in [2.45, 2.75) is 0 Å². The molecule has 0 amide bonds. The predicted octanol–water partition coefficient (Wildman–Crippen LogP) is 1.64. The third-order valence-electron chi connectivity index (χ3n) is 1.51. The van der Waals surface area contributed by atoms with E-state index in [-0.39, 0.29) is 11.3 Å². The quantitative estimate of drug-likeness (QED) is 0.827. The van der Waals surface area contributed by atoms with Gasteiger partial charge in [-0.3, -0.25) is 4.72 Å². The molecule has 0 saturated carbocycles. The number of hydrogen-bond donors (Lipinski definition) is 1. The van der Waals surface area contributed by atoms with E-state index in [1.165, 1.54) is 12.1 Å². The Morgan fingerprint density at radius 1 is 1.53 bits per heavy atom. The highest BCUT2D eigenvalue weighted by Crippen LogP contribution is 2.15. The van der Waals surface area contributed by atoms with Crippen molar-refractivity contribution in [3.8, 4) is 6.07 Å².